The highest BCUT2D eigenvalue weighted by Gasteiger charge is 2.46. The van der Waals surface area contributed by atoms with Gasteiger partial charge in [0.25, 0.3) is 0 Å². The first-order valence-corrected chi connectivity index (χ1v) is 9.83. The molecule has 0 unspecified atom stereocenters. The fourth-order valence-electron chi connectivity index (χ4n) is 3.80. The van der Waals surface area contributed by atoms with Gasteiger partial charge in [-0.2, -0.15) is 0 Å². The van der Waals surface area contributed by atoms with E-state index in [2.05, 4.69) is 17.4 Å². The van der Waals surface area contributed by atoms with E-state index in [1.807, 2.05) is 42.5 Å². The lowest BCUT2D eigenvalue weighted by atomic mass is 9.94. The number of halogens is 1. The van der Waals surface area contributed by atoms with Crippen LogP contribution in [0.3, 0.4) is 0 Å². The van der Waals surface area contributed by atoms with E-state index < -0.39 is 0 Å². The van der Waals surface area contributed by atoms with Gasteiger partial charge in [0.1, 0.15) is 0 Å². The second-order valence-corrected chi connectivity index (χ2v) is 8.01. The number of amides is 2. The molecule has 1 atom stereocenters. The third kappa shape index (κ3) is 4.01. The lowest BCUT2D eigenvalue weighted by molar-refractivity contribution is -0.139. The minimum absolute atomic E-state index is 0.0601. The highest BCUT2D eigenvalue weighted by molar-refractivity contribution is 6.30. The summed E-state index contributed by atoms with van der Waals surface area (Å²) in [5, 5.41) is 3.94. The number of benzene rings is 2. The fourth-order valence-corrected chi connectivity index (χ4v) is 3.92. The average molecular weight is 383 g/mol. The predicted molar refractivity (Wildman–Crippen MR) is 105 cm³/mol. The number of nitrogens with one attached hydrogen (secondary N) is 1. The number of nitrogens with zero attached hydrogens (tertiary/aromatic N) is 1. The molecular weight excluding hydrogens is 360 g/mol. The minimum atomic E-state index is -0.208. The second kappa shape index (κ2) is 7.35. The Morgan fingerprint density at radius 1 is 1.11 bits per heavy atom. The molecule has 5 heteroatoms. The standard InChI is InChI=1S/C22H23ClN2O2/c23-19-9-6-16(7-10-19)14-25-15-17(8-11-20(25)26)21(27)24-22(12-13-22)18-4-2-1-3-5-18/h1-7,9-10,17H,8,11-15H2,(H,24,27)/t17-/m0/s1. The Balaban J connectivity index is 1.41. The molecule has 2 aliphatic rings. The first kappa shape index (κ1) is 18.1. The molecular formula is C22H23ClN2O2. The van der Waals surface area contributed by atoms with E-state index in [0.717, 1.165) is 18.4 Å². The van der Waals surface area contributed by atoms with E-state index in [1.165, 1.54) is 5.56 Å². The van der Waals surface area contributed by atoms with Crippen LogP contribution in [0.1, 0.15) is 36.8 Å². The fraction of sp³-hybridized carbons (Fsp3) is 0.364. The minimum Gasteiger partial charge on any atom is -0.346 e. The van der Waals surface area contributed by atoms with E-state index >= 15 is 0 Å². The summed E-state index contributed by atoms with van der Waals surface area (Å²) in [6.07, 6.45) is 2.99. The molecule has 140 valence electrons. The number of hydrogen-bond acceptors (Lipinski definition) is 2. The quantitative estimate of drug-likeness (QED) is 0.853. The van der Waals surface area contributed by atoms with Crippen LogP contribution in [-0.4, -0.2) is 23.3 Å². The SMILES string of the molecule is O=C(NC1(c2ccccc2)CC1)[C@H]1CCC(=O)N(Cc2ccc(Cl)cc2)C1. The molecule has 1 aliphatic heterocycles. The zero-order valence-electron chi connectivity index (χ0n) is 15.2. The summed E-state index contributed by atoms with van der Waals surface area (Å²) in [7, 11) is 0. The molecule has 1 saturated heterocycles. The highest BCUT2D eigenvalue weighted by Crippen LogP contribution is 2.45. The second-order valence-electron chi connectivity index (χ2n) is 7.57. The zero-order valence-corrected chi connectivity index (χ0v) is 15.9. The monoisotopic (exact) mass is 382 g/mol. The largest absolute Gasteiger partial charge is 0.346 e. The lowest BCUT2D eigenvalue weighted by Crippen LogP contribution is -2.47. The summed E-state index contributed by atoms with van der Waals surface area (Å²) in [6.45, 7) is 0.988. The van der Waals surface area contributed by atoms with E-state index in [-0.39, 0.29) is 23.3 Å². The maximum atomic E-state index is 12.9. The van der Waals surface area contributed by atoms with Crippen molar-refractivity contribution in [2.75, 3.05) is 6.54 Å². The van der Waals surface area contributed by atoms with E-state index in [4.69, 9.17) is 11.6 Å². The van der Waals surface area contributed by atoms with Gasteiger partial charge in [-0.15, -0.1) is 0 Å². The van der Waals surface area contributed by atoms with E-state index in [9.17, 15) is 9.59 Å². The number of likely N-dealkylation sites (tertiary alicyclic amines) is 1. The van der Waals surface area contributed by atoms with Gasteiger partial charge in [-0.25, -0.2) is 0 Å². The van der Waals surface area contributed by atoms with Crippen LogP contribution in [0.4, 0.5) is 0 Å². The highest BCUT2D eigenvalue weighted by atomic mass is 35.5. The van der Waals surface area contributed by atoms with Crippen LogP contribution in [0.25, 0.3) is 0 Å². The average Bonchev–Trinajstić information content (AvgIpc) is 3.46. The molecule has 27 heavy (non-hydrogen) atoms. The third-order valence-corrected chi connectivity index (χ3v) is 5.85. The van der Waals surface area contributed by atoms with Crippen LogP contribution < -0.4 is 5.32 Å². The molecule has 1 aliphatic carbocycles. The summed E-state index contributed by atoms with van der Waals surface area (Å²) < 4.78 is 0. The van der Waals surface area contributed by atoms with Crippen molar-refractivity contribution < 1.29 is 9.59 Å². The predicted octanol–water partition coefficient (Wildman–Crippen LogP) is 3.88. The molecule has 4 nitrogen and oxygen atoms in total. The normalized spacial score (nSPS) is 21.0. The molecule has 2 aromatic rings. The van der Waals surface area contributed by atoms with Crippen molar-refractivity contribution in [1.82, 2.24) is 10.2 Å². The number of piperidine rings is 1. The lowest BCUT2D eigenvalue weighted by Gasteiger charge is -2.33. The molecule has 2 fully saturated rings. The van der Waals surface area contributed by atoms with Crippen LogP contribution in [0, 0.1) is 5.92 Å². The van der Waals surface area contributed by atoms with Crippen molar-refractivity contribution in [2.45, 2.75) is 37.8 Å². The van der Waals surface area contributed by atoms with E-state index in [0.29, 0.717) is 31.0 Å². The maximum Gasteiger partial charge on any atom is 0.225 e. The molecule has 0 bridgehead atoms. The Kier molecular flexibility index (Phi) is 4.92. The Morgan fingerprint density at radius 2 is 1.81 bits per heavy atom. The van der Waals surface area contributed by atoms with Gasteiger partial charge in [0, 0.05) is 24.5 Å². The smallest absolute Gasteiger partial charge is 0.225 e. The van der Waals surface area contributed by atoms with Gasteiger partial charge in [0.2, 0.25) is 11.8 Å². The van der Waals surface area contributed by atoms with Crippen LogP contribution >= 0.6 is 11.6 Å². The molecule has 1 heterocycles. The first-order chi connectivity index (χ1) is 13.1. The molecule has 2 amide bonds. The number of rotatable bonds is 5. The summed E-state index contributed by atoms with van der Waals surface area (Å²) >= 11 is 5.93. The van der Waals surface area contributed by atoms with Crippen molar-refractivity contribution in [3.05, 3.63) is 70.7 Å². The van der Waals surface area contributed by atoms with Gasteiger partial charge < -0.3 is 10.2 Å². The molecule has 4 rings (SSSR count). The topological polar surface area (TPSA) is 49.4 Å². The van der Waals surface area contributed by atoms with Crippen LogP contribution in [0.15, 0.2) is 54.6 Å². The van der Waals surface area contributed by atoms with Crippen LogP contribution in [0.5, 0.6) is 0 Å². The molecule has 0 spiro atoms. The van der Waals surface area contributed by atoms with Crippen molar-refractivity contribution in [2.24, 2.45) is 5.92 Å². The Hall–Kier alpha value is -2.33. The maximum absolute atomic E-state index is 12.9. The third-order valence-electron chi connectivity index (χ3n) is 5.60. The summed E-state index contributed by atoms with van der Waals surface area (Å²) in [6, 6.07) is 17.7. The molecule has 0 aromatic heterocycles. The van der Waals surface area contributed by atoms with Gasteiger partial charge in [-0.05, 0) is 42.5 Å². The Labute approximate surface area is 164 Å². The number of carbonyl (C=O) groups is 2. The van der Waals surface area contributed by atoms with E-state index in [1.54, 1.807) is 4.90 Å². The van der Waals surface area contributed by atoms with Gasteiger partial charge in [-0.3, -0.25) is 9.59 Å². The van der Waals surface area contributed by atoms with Gasteiger partial charge in [0.15, 0.2) is 0 Å². The van der Waals surface area contributed by atoms with Crippen molar-refractivity contribution >= 4 is 23.4 Å². The zero-order chi connectivity index (χ0) is 18.9. The first-order valence-electron chi connectivity index (χ1n) is 9.45. The van der Waals surface area contributed by atoms with Crippen LogP contribution in [0.2, 0.25) is 5.02 Å². The number of carbonyl (C=O) groups excluding carboxylic acids is 2. The van der Waals surface area contributed by atoms with Gasteiger partial charge >= 0.3 is 0 Å². The van der Waals surface area contributed by atoms with Crippen molar-refractivity contribution in [1.29, 1.82) is 0 Å². The summed E-state index contributed by atoms with van der Waals surface area (Å²) in [5.74, 6) is 0.0133. The molecule has 1 N–H and O–H groups in total. The summed E-state index contributed by atoms with van der Waals surface area (Å²) in [5.41, 5.74) is 1.99. The van der Waals surface area contributed by atoms with Gasteiger partial charge in [-0.1, -0.05) is 54.1 Å². The summed E-state index contributed by atoms with van der Waals surface area (Å²) in [4.78, 5) is 27.0. The van der Waals surface area contributed by atoms with Gasteiger partial charge in [0.05, 0.1) is 11.5 Å². The molecule has 0 radical (unpaired) electrons. The van der Waals surface area contributed by atoms with Crippen molar-refractivity contribution in [3.63, 3.8) is 0 Å². The number of hydrogen-bond donors (Lipinski definition) is 1. The molecule has 2 aromatic carbocycles. The Morgan fingerprint density at radius 3 is 2.48 bits per heavy atom. The van der Waals surface area contributed by atoms with Crippen LogP contribution in [-0.2, 0) is 21.7 Å². The Bertz CT molecular complexity index is 831. The van der Waals surface area contributed by atoms with Crippen molar-refractivity contribution in [3.8, 4) is 0 Å². The molecule has 1 saturated carbocycles.